The summed E-state index contributed by atoms with van der Waals surface area (Å²) in [6, 6.07) is 9.96. The number of likely N-dealkylation sites (tertiary alicyclic amines) is 1. The van der Waals surface area contributed by atoms with E-state index in [2.05, 4.69) is 4.90 Å². The minimum atomic E-state index is -1.32. The third-order valence-corrected chi connectivity index (χ3v) is 7.54. The molecule has 0 amide bonds. The number of aromatic nitrogens is 1. The molecule has 1 saturated heterocycles. The minimum Gasteiger partial charge on any atom is -0.487 e. The number of pyridine rings is 1. The lowest BCUT2D eigenvalue weighted by molar-refractivity contribution is -0.0873. The summed E-state index contributed by atoms with van der Waals surface area (Å²) in [5.74, 6) is -3.74. The molecule has 0 radical (unpaired) electrons. The maximum absolute atomic E-state index is 15.3. The van der Waals surface area contributed by atoms with Gasteiger partial charge in [0, 0.05) is 31.4 Å². The van der Waals surface area contributed by atoms with E-state index in [9.17, 15) is 24.2 Å². The zero-order chi connectivity index (χ0) is 27.7. The van der Waals surface area contributed by atoms with Crippen molar-refractivity contribution in [1.29, 1.82) is 0 Å². The third-order valence-electron chi connectivity index (χ3n) is 7.54. The molecule has 2 heterocycles. The van der Waals surface area contributed by atoms with Crippen molar-refractivity contribution in [1.82, 2.24) is 9.47 Å². The number of piperidine rings is 1. The van der Waals surface area contributed by atoms with Crippen molar-refractivity contribution in [2.24, 2.45) is 0 Å². The Morgan fingerprint density at radius 2 is 1.95 bits per heavy atom. The van der Waals surface area contributed by atoms with E-state index in [0.717, 1.165) is 24.5 Å². The van der Waals surface area contributed by atoms with Crippen LogP contribution in [0.4, 0.5) is 8.78 Å². The third kappa shape index (κ3) is 5.54. The molecule has 2 N–H and O–H groups in total. The number of benzene rings is 2. The summed E-state index contributed by atoms with van der Waals surface area (Å²) in [4.78, 5) is 27.8. The number of carbonyl (C=O) groups excluding carboxylic acids is 1. The predicted octanol–water partition coefficient (Wildman–Crippen LogP) is 3.56. The lowest BCUT2D eigenvalue weighted by Gasteiger charge is -2.43. The number of esters is 1. The number of nitrogens with zero attached hydrogens (tertiary/aromatic N) is 2. The Kier molecular flexibility index (Phi) is 7.70. The summed E-state index contributed by atoms with van der Waals surface area (Å²) in [6.45, 7) is 2.12. The number of aliphatic hydroxyl groups excluding tert-OH is 1. The number of rotatable bonds is 9. The first-order valence-electron chi connectivity index (χ1n) is 13.2. The number of carbonyl (C=O) groups is 1. The van der Waals surface area contributed by atoms with Gasteiger partial charge in [0.15, 0.2) is 11.6 Å². The van der Waals surface area contributed by atoms with Gasteiger partial charge in [-0.2, -0.15) is 4.39 Å². The highest BCUT2D eigenvalue weighted by molar-refractivity contribution is 5.95. The van der Waals surface area contributed by atoms with Crippen LogP contribution in [0.25, 0.3) is 10.9 Å². The zero-order valence-electron chi connectivity index (χ0n) is 21.7. The second kappa shape index (κ2) is 11.0. The van der Waals surface area contributed by atoms with Gasteiger partial charge >= 0.3 is 5.97 Å². The van der Waals surface area contributed by atoms with E-state index in [1.54, 1.807) is 11.5 Å². The second-order valence-electron chi connectivity index (χ2n) is 10.4. The van der Waals surface area contributed by atoms with Gasteiger partial charge in [-0.25, -0.2) is 9.18 Å². The van der Waals surface area contributed by atoms with Crippen LogP contribution in [0.15, 0.2) is 47.4 Å². The van der Waals surface area contributed by atoms with Gasteiger partial charge in [0.1, 0.15) is 12.2 Å². The molecule has 1 aliphatic carbocycles. The van der Waals surface area contributed by atoms with Crippen molar-refractivity contribution in [2.75, 3.05) is 26.4 Å². The smallest absolute Gasteiger partial charge is 0.343 e. The first-order chi connectivity index (χ1) is 18.7. The van der Waals surface area contributed by atoms with Crippen molar-refractivity contribution < 1.29 is 33.3 Å². The number of aliphatic hydroxyl groups is 2. The van der Waals surface area contributed by atoms with Crippen molar-refractivity contribution in [3.8, 4) is 5.75 Å². The van der Waals surface area contributed by atoms with Gasteiger partial charge in [0.25, 0.3) is 0 Å². The molecule has 0 unspecified atom stereocenters. The molecule has 0 spiro atoms. The molecule has 8 nitrogen and oxygen atoms in total. The van der Waals surface area contributed by atoms with Crippen LogP contribution in [0.1, 0.15) is 54.6 Å². The molecule has 1 saturated carbocycles. The van der Waals surface area contributed by atoms with E-state index < -0.39 is 47.0 Å². The number of ether oxygens (including phenoxy) is 2. The Labute approximate surface area is 224 Å². The Hall–Kier alpha value is -3.34. The highest BCUT2D eigenvalue weighted by atomic mass is 19.2. The SMILES string of the molecule is CCOC(=O)c1cn(C2CC2)c2c(OC[C@@H]3C[C@](O)(CO)CCN3Cc3ccccc3)c(F)c(F)cc2c1=O. The first-order valence-corrected chi connectivity index (χ1v) is 13.2. The molecule has 2 aromatic carbocycles. The lowest BCUT2D eigenvalue weighted by Crippen LogP contribution is -2.53. The van der Waals surface area contributed by atoms with Crippen LogP contribution in [0.2, 0.25) is 0 Å². The maximum atomic E-state index is 15.3. The average molecular weight is 543 g/mol. The van der Waals surface area contributed by atoms with Gasteiger partial charge in [0.2, 0.25) is 11.2 Å². The van der Waals surface area contributed by atoms with Gasteiger partial charge in [0.05, 0.1) is 29.7 Å². The number of hydrogen-bond donors (Lipinski definition) is 2. The Morgan fingerprint density at radius 3 is 2.62 bits per heavy atom. The summed E-state index contributed by atoms with van der Waals surface area (Å²) in [7, 11) is 0. The number of halogens is 2. The molecular formula is C29H32F2N2O6. The van der Waals surface area contributed by atoms with Gasteiger partial charge in [-0.3, -0.25) is 9.69 Å². The fourth-order valence-corrected chi connectivity index (χ4v) is 5.27. The Morgan fingerprint density at radius 1 is 1.21 bits per heavy atom. The molecule has 1 aliphatic heterocycles. The topological polar surface area (TPSA) is 101 Å². The number of fused-ring (bicyclic) bond motifs is 1. The summed E-state index contributed by atoms with van der Waals surface area (Å²) in [6.07, 6.45) is 3.35. The molecular weight excluding hydrogens is 510 g/mol. The second-order valence-corrected chi connectivity index (χ2v) is 10.4. The molecule has 2 atom stereocenters. The van der Waals surface area contributed by atoms with E-state index in [4.69, 9.17) is 9.47 Å². The van der Waals surface area contributed by atoms with E-state index in [1.165, 1.54) is 6.20 Å². The largest absolute Gasteiger partial charge is 0.487 e. The molecule has 5 rings (SSSR count). The van der Waals surface area contributed by atoms with E-state index in [0.29, 0.717) is 19.5 Å². The van der Waals surface area contributed by atoms with Crippen molar-refractivity contribution >= 4 is 16.9 Å². The highest BCUT2D eigenvalue weighted by Gasteiger charge is 2.39. The average Bonchev–Trinajstić information content (AvgIpc) is 3.77. The molecule has 2 aliphatic rings. The molecule has 39 heavy (non-hydrogen) atoms. The fraction of sp³-hybridized carbons (Fsp3) is 0.448. The standard InChI is InChI=1S/C29H32F2N2O6/c1-2-38-28(36)22-15-33(19-8-9-19)25-21(26(22)35)12-23(30)24(31)27(25)39-16-20-13-29(37,17-34)10-11-32(20)14-18-6-4-3-5-7-18/h3-7,12,15,19-20,34,37H,2,8-11,13-14,16-17H2,1H3/t20-,29-/m0/s1. The quantitative estimate of drug-likeness (QED) is 0.399. The van der Waals surface area contributed by atoms with E-state index in [-0.39, 0.29) is 42.1 Å². The van der Waals surface area contributed by atoms with Crippen LogP contribution < -0.4 is 10.2 Å². The minimum absolute atomic E-state index is 0.0624. The molecule has 0 bridgehead atoms. The van der Waals surface area contributed by atoms with E-state index >= 15 is 4.39 Å². The molecule has 2 fully saturated rings. The summed E-state index contributed by atoms with van der Waals surface area (Å²) < 4.78 is 42.7. The van der Waals surface area contributed by atoms with Crippen LogP contribution in [0, 0.1) is 11.6 Å². The van der Waals surface area contributed by atoms with E-state index in [1.807, 2.05) is 30.3 Å². The molecule has 3 aromatic rings. The zero-order valence-corrected chi connectivity index (χ0v) is 21.7. The van der Waals surface area contributed by atoms with Crippen molar-refractivity contribution in [2.45, 2.75) is 56.8 Å². The Bertz CT molecular complexity index is 1430. The van der Waals surface area contributed by atoms with Gasteiger partial charge in [-0.1, -0.05) is 30.3 Å². The van der Waals surface area contributed by atoms with Crippen LogP contribution in [-0.4, -0.2) is 63.7 Å². The predicted molar refractivity (Wildman–Crippen MR) is 140 cm³/mol. The lowest BCUT2D eigenvalue weighted by atomic mass is 9.87. The summed E-state index contributed by atoms with van der Waals surface area (Å²) in [5.41, 5.74) is -1.22. The monoisotopic (exact) mass is 542 g/mol. The van der Waals surface area contributed by atoms with Crippen molar-refractivity contribution in [3.63, 3.8) is 0 Å². The highest BCUT2D eigenvalue weighted by Crippen LogP contribution is 2.41. The molecule has 10 heteroatoms. The summed E-state index contributed by atoms with van der Waals surface area (Å²) >= 11 is 0. The van der Waals surface area contributed by atoms with Crippen LogP contribution >= 0.6 is 0 Å². The van der Waals surface area contributed by atoms with Crippen LogP contribution in [0.3, 0.4) is 0 Å². The maximum Gasteiger partial charge on any atom is 0.343 e. The fourth-order valence-electron chi connectivity index (χ4n) is 5.27. The molecule has 1 aromatic heterocycles. The summed E-state index contributed by atoms with van der Waals surface area (Å²) in [5, 5.41) is 20.5. The van der Waals surface area contributed by atoms with Gasteiger partial charge < -0.3 is 24.3 Å². The Balaban J connectivity index is 1.53. The molecule has 208 valence electrons. The van der Waals surface area contributed by atoms with Crippen LogP contribution in [-0.2, 0) is 11.3 Å². The van der Waals surface area contributed by atoms with Gasteiger partial charge in [-0.15, -0.1) is 0 Å². The first kappa shape index (κ1) is 27.2. The normalized spacial score (nSPS) is 21.7. The number of hydrogen-bond acceptors (Lipinski definition) is 7. The van der Waals surface area contributed by atoms with Crippen LogP contribution in [0.5, 0.6) is 5.75 Å². The van der Waals surface area contributed by atoms with Crippen molar-refractivity contribution in [3.05, 3.63) is 75.6 Å². The van der Waals surface area contributed by atoms with Gasteiger partial charge in [-0.05, 0) is 44.2 Å².